The van der Waals surface area contributed by atoms with Gasteiger partial charge in [0.25, 0.3) is 0 Å². The van der Waals surface area contributed by atoms with Gasteiger partial charge in [0.2, 0.25) is 0 Å². The van der Waals surface area contributed by atoms with E-state index in [1.54, 1.807) is 0 Å². The van der Waals surface area contributed by atoms with Crippen molar-refractivity contribution in [1.29, 1.82) is 0 Å². The predicted octanol–water partition coefficient (Wildman–Crippen LogP) is 2.82. The van der Waals surface area contributed by atoms with Gasteiger partial charge in [0.1, 0.15) is 0 Å². The number of hydrogen-bond donors (Lipinski definition) is 1. The Bertz CT molecular complexity index is 256. The van der Waals surface area contributed by atoms with Crippen molar-refractivity contribution >= 4 is 17.8 Å². The van der Waals surface area contributed by atoms with Crippen LogP contribution in [0.4, 0.5) is 0 Å². The van der Waals surface area contributed by atoms with Gasteiger partial charge in [-0.05, 0) is 17.7 Å². The number of hydrogen-bond acceptors (Lipinski definition) is 2. The second-order valence-corrected chi connectivity index (χ2v) is 4.11. The molecule has 2 heteroatoms. The van der Waals surface area contributed by atoms with Crippen molar-refractivity contribution in [3.63, 3.8) is 0 Å². The maximum Gasteiger partial charge on any atom is 0.0438 e. The second kappa shape index (κ2) is 7.65. The van der Waals surface area contributed by atoms with E-state index in [0.717, 1.165) is 17.9 Å². The summed E-state index contributed by atoms with van der Waals surface area (Å²) < 4.78 is 0. The van der Waals surface area contributed by atoms with Gasteiger partial charge in [0, 0.05) is 12.4 Å². The summed E-state index contributed by atoms with van der Waals surface area (Å²) in [5.74, 6) is 2.06. The molecule has 0 radical (unpaired) electrons. The molecule has 0 saturated heterocycles. The molecule has 0 saturated carbocycles. The predicted molar refractivity (Wildman–Crippen MR) is 64.5 cm³/mol. The molecule has 0 aliphatic carbocycles. The highest BCUT2D eigenvalue weighted by Crippen LogP contribution is 2.05. The Morgan fingerprint density at radius 3 is 2.71 bits per heavy atom. The van der Waals surface area contributed by atoms with Gasteiger partial charge < -0.3 is 5.11 Å². The maximum absolute atomic E-state index is 8.57. The summed E-state index contributed by atoms with van der Waals surface area (Å²) in [6.45, 7) is 0.301. The quantitative estimate of drug-likeness (QED) is 0.725. The molecule has 1 aromatic rings. The van der Waals surface area contributed by atoms with Crippen LogP contribution < -0.4 is 0 Å². The Morgan fingerprint density at radius 1 is 1.21 bits per heavy atom. The lowest BCUT2D eigenvalue weighted by atomic mass is 10.2. The lowest BCUT2D eigenvalue weighted by Gasteiger charge is -1.94. The third-order valence-corrected chi connectivity index (χ3v) is 2.78. The molecular weight excluding hydrogens is 192 g/mol. The molecule has 0 aliphatic rings. The fraction of sp³-hybridized carbons (Fsp3) is 0.333. The number of aliphatic hydroxyl groups excluding tert-OH is 1. The van der Waals surface area contributed by atoms with Gasteiger partial charge in [0.05, 0.1) is 0 Å². The zero-order chi connectivity index (χ0) is 10.1. The third-order valence-electron chi connectivity index (χ3n) is 1.77. The number of thioether (sulfide) groups is 1. The van der Waals surface area contributed by atoms with Gasteiger partial charge in [-0.3, -0.25) is 0 Å². The fourth-order valence-corrected chi connectivity index (χ4v) is 1.80. The highest BCUT2D eigenvalue weighted by Gasteiger charge is 1.85. The monoisotopic (exact) mass is 208 g/mol. The van der Waals surface area contributed by atoms with E-state index >= 15 is 0 Å². The lowest BCUT2D eigenvalue weighted by molar-refractivity contribution is 0.296. The van der Waals surface area contributed by atoms with E-state index in [1.807, 2.05) is 30.0 Å². The van der Waals surface area contributed by atoms with Crippen LogP contribution in [0, 0.1) is 0 Å². The van der Waals surface area contributed by atoms with Crippen LogP contribution in [0.3, 0.4) is 0 Å². The molecule has 0 aromatic heterocycles. The van der Waals surface area contributed by atoms with E-state index in [-0.39, 0.29) is 0 Å². The van der Waals surface area contributed by atoms with E-state index in [1.165, 1.54) is 5.56 Å². The molecule has 0 bridgehead atoms. The minimum Gasteiger partial charge on any atom is -0.396 e. The molecular formula is C12H16OS. The van der Waals surface area contributed by atoms with Crippen LogP contribution >= 0.6 is 11.8 Å². The van der Waals surface area contributed by atoms with Crippen LogP contribution in [-0.2, 0) is 0 Å². The topological polar surface area (TPSA) is 20.2 Å². The highest BCUT2D eigenvalue weighted by molar-refractivity contribution is 7.99. The molecule has 0 heterocycles. The number of benzene rings is 1. The average Bonchev–Trinajstić information content (AvgIpc) is 2.25. The largest absolute Gasteiger partial charge is 0.396 e. The van der Waals surface area contributed by atoms with E-state index in [0.29, 0.717) is 6.61 Å². The first-order valence-corrected chi connectivity index (χ1v) is 5.99. The molecule has 1 rings (SSSR count). The molecule has 0 atom stereocenters. The van der Waals surface area contributed by atoms with Crippen molar-refractivity contribution in [2.45, 2.75) is 6.42 Å². The van der Waals surface area contributed by atoms with Crippen molar-refractivity contribution in [2.24, 2.45) is 0 Å². The lowest BCUT2D eigenvalue weighted by Crippen LogP contribution is -1.85. The third kappa shape index (κ3) is 5.10. The zero-order valence-electron chi connectivity index (χ0n) is 8.23. The first-order valence-electron chi connectivity index (χ1n) is 4.83. The highest BCUT2D eigenvalue weighted by atomic mass is 32.2. The summed E-state index contributed by atoms with van der Waals surface area (Å²) in [4.78, 5) is 0. The van der Waals surface area contributed by atoms with E-state index in [4.69, 9.17) is 5.11 Å². The average molecular weight is 208 g/mol. The fourth-order valence-electron chi connectivity index (χ4n) is 1.07. The normalized spacial score (nSPS) is 10.9. The molecule has 0 amide bonds. The Morgan fingerprint density at radius 2 is 2.00 bits per heavy atom. The molecule has 0 spiro atoms. The van der Waals surface area contributed by atoms with Crippen LogP contribution in [0.2, 0.25) is 0 Å². The molecule has 14 heavy (non-hydrogen) atoms. The Balaban J connectivity index is 2.15. The second-order valence-electron chi connectivity index (χ2n) is 2.97. The van der Waals surface area contributed by atoms with Crippen LogP contribution in [0.25, 0.3) is 6.08 Å². The molecule has 1 N–H and O–H groups in total. The first kappa shape index (κ1) is 11.3. The van der Waals surface area contributed by atoms with Crippen molar-refractivity contribution in [2.75, 3.05) is 18.1 Å². The Labute approximate surface area is 89.8 Å². The summed E-state index contributed by atoms with van der Waals surface area (Å²) in [5, 5.41) is 8.57. The van der Waals surface area contributed by atoms with Crippen LogP contribution in [-0.4, -0.2) is 23.2 Å². The molecule has 1 nitrogen and oxygen atoms in total. The SMILES string of the molecule is OCCCSCC=Cc1ccccc1. The number of aliphatic hydroxyl groups is 1. The minimum atomic E-state index is 0.301. The Hall–Kier alpha value is -0.730. The van der Waals surface area contributed by atoms with Crippen molar-refractivity contribution in [3.05, 3.63) is 42.0 Å². The molecule has 0 unspecified atom stereocenters. The minimum absolute atomic E-state index is 0.301. The van der Waals surface area contributed by atoms with Gasteiger partial charge in [-0.25, -0.2) is 0 Å². The van der Waals surface area contributed by atoms with Gasteiger partial charge in [-0.1, -0.05) is 42.5 Å². The first-order chi connectivity index (χ1) is 6.93. The molecule has 0 aliphatic heterocycles. The van der Waals surface area contributed by atoms with Crippen LogP contribution in [0.15, 0.2) is 36.4 Å². The maximum atomic E-state index is 8.57. The smallest absolute Gasteiger partial charge is 0.0438 e. The summed E-state index contributed by atoms with van der Waals surface area (Å²) in [6, 6.07) is 10.3. The zero-order valence-corrected chi connectivity index (χ0v) is 9.04. The van der Waals surface area contributed by atoms with Crippen molar-refractivity contribution in [1.82, 2.24) is 0 Å². The standard InChI is InChI=1S/C12H16OS/c13-9-5-11-14-10-4-8-12-6-2-1-3-7-12/h1-4,6-8,13H,5,9-11H2. The van der Waals surface area contributed by atoms with E-state index in [2.05, 4.69) is 24.3 Å². The van der Waals surface area contributed by atoms with Crippen molar-refractivity contribution in [3.8, 4) is 0 Å². The van der Waals surface area contributed by atoms with Crippen molar-refractivity contribution < 1.29 is 5.11 Å². The number of rotatable bonds is 6. The summed E-state index contributed by atoms with van der Waals surface area (Å²) >= 11 is 1.85. The van der Waals surface area contributed by atoms with Gasteiger partial charge >= 0.3 is 0 Å². The molecule has 1 aromatic carbocycles. The summed E-state index contributed by atoms with van der Waals surface area (Å²) in [7, 11) is 0. The van der Waals surface area contributed by atoms with Crippen LogP contribution in [0.1, 0.15) is 12.0 Å². The Kier molecular flexibility index (Phi) is 6.20. The molecule has 76 valence electrons. The summed E-state index contributed by atoms with van der Waals surface area (Å²) in [6.07, 6.45) is 5.19. The van der Waals surface area contributed by atoms with Gasteiger partial charge in [-0.2, -0.15) is 11.8 Å². The van der Waals surface area contributed by atoms with Crippen LogP contribution in [0.5, 0.6) is 0 Å². The molecule has 0 fully saturated rings. The van der Waals surface area contributed by atoms with E-state index < -0.39 is 0 Å². The van der Waals surface area contributed by atoms with Gasteiger partial charge in [0.15, 0.2) is 0 Å². The van der Waals surface area contributed by atoms with E-state index in [9.17, 15) is 0 Å². The van der Waals surface area contributed by atoms with Gasteiger partial charge in [-0.15, -0.1) is 0 Å². The summed E-state index contributed by atoms with van der Waals surface area (Å²) in [5.41, 5.74) is 1.25.